The first-order valence-corrected chi connectivity index (χ1v) is 8.53. The summed E-state index contributed by atoms with van der Waals surface area (Å²) in [6, 6.07) is 11.7. The van der Waals surface area contributed by atoms with Gasteiger partial charge in [0.25, 0.3) is 0 Å². The van der Waals surface area contributed by atoms with E-state index in [4.69, 9.17) is 18.6 Å². The van der Waals surface area contributed by atoms with Crippen molar-refractivity contribution < 1.29 is 28.5 Å². The summed E-state index contributed by atoms with van der Waals surface area (Å²) in [7, 11) is 4.25. The molecule has 1 aromatic heterocycles. The van der Waals surface area contributed by atoms with E-state index < -0.39 is 17.5 Å². The Kier molecular flexibility index (Phi) is 5.54. The van der Waals surface area contributed by atoms with Crippen molar-refractivity contribution in [3.05, 3.63) is 64.0 Å². The molecule has 2 aromatic carbocycles. The van der Waals surface area contributed by atoms with Gasteiger partial charge in [0, 0.05) is 5.92 Å². The van der Waals surface area contributed by atoms with Crippen LogP contribution in [0.5, 0.6) is 17.2 Å². The summed E-state index contributed by atoms with van der Waals surface area (Å²) in [6.07, 6.45) is -0.164. The SMILES string of the molecule is COC(=O)C[C@@H](c1ccc(OC)c(OC)c1)c1c(O)c2ccccc2oc1=O. The van der Waals surface area contributed by atoms with Crippen LogP contribution in [0.1, 0.15) is 23.5 Å². The molecule has 0 amide bonds. The lowest BCUT2D eigenvalue weighted by molar-refractivity contribution is -0.140. The fourth-order valence-corrected chi connectivity index (χ4v) is 3.16. The van der Waals surface area contributed by atoms with Crippen molar-refractivity contribution in [2.75, 3.05) is 21.3 Å². The molecule has 146 valence electrons. The molecule has 0 aliphatic carbocycles. The lowest BCUT2D eigenvalue weighted by Gasteiger charge is -2.19. The van der Waals surface area contributed by atoms with Crippen LogP contribution < -0.4 is 15.1 Å². The third kappa shape index (κ3) is 3.51. The molecule has 1 atom stereocenters. The molecule has 28 heavy (non-hydrogen) atoms. The molecule has 0 bridgehead atoms. The lowest BCUT2D eigenvalue weighted by atomic mass is 9.88. The molecule has 7 heteroatoms. The average Bonchev–Trinajstić information content (AvgIpc) is 2.72. The van der Waals surface area contributed by atoms with Crippen molar-refractivity contribution in [3.63, 3.8) is 0 Å². The zero-order valence-corrected chi connectivity index (χ0v) is 15.7. The number of rotatable bonds is 6. The van der Waals surface area contributed by atoms with Gasteiger partial charge in [-0.2, -0.15) is 0 Å². The maximum absolute atomic E-state index is 12.7. The Labute approximate surface area is 161 Å². The highest BCUT2D eigenvalue weighted by Crippen LogP contribution is 2.39. The number of carbonyl (C=O) groups is 1. The van der Waals surface area contributed by atoms with E-state index in [1.807, 2.05) is 0 Å². The maximum atomic E-state index is 12.7. The summed E-state index contributed by atoms with van der Waals surface area (Å²) >= 11 is 0. The fourth-order valence-electron chi connectivity index (χ4n) is 3.16. The maximum Gasteiger partial charge on any atom is 0.343 e. The number of ether oxygens (including phenoxy) is 3. The Morgan fingerprint density at radius 2 is 1.79 bits per heavy atom. The summed E-state index contributed by atoms with van der Waals surface area (Å²) in [6.45, 7) is 0. The Balaban J connectivity index is 2.23. The van der Waals surface area contributed by atoms with E-state index in [1.165, 1.54) is 21.3 Å². The Hall–Kier alpha value is -3.48. The summed E-state index contributed by atoms with van der Waals surface area (Å²) in [4.78, 5) is 24.7. The molecule has 0 saturated carbocycles. The van der Waals surface area contributed by atoms with Gasteiger partial charge in [-0.3, -0.25) is 4.79 Å². The first-order chi connectivity index (χ1) is 13.5. The smallest absolute Gasteiger partial charge is 0.343 e. The number of esters is 1. The highest BCUT2D eigenvalue weighted by Gasteiger charge is 2.28. The van der Waals surface area contributed by atoms with Crippen molar-refractivity contribution >= 4 is 16.9 Å². The van der Waals surface area contributed by atoms with Crippen LogP contribution in [-0.4, -0.2) is 32.4 Å². The molecule has 1 N–H and O–H groups in total. The molecular weight excluding hydrogens is 364 g/mol. The topological polar surface area (TPSA) is 95.2 Å². The van der Waals surface area contributed by atoms with Crippen molar-refractivity contribution in [1.29, 1.82) is 0 Å². The van der Waals surface area contributed by atoms with E-state index in [1.54, 1.807) is 42.5 Å². The molecule has 7 nitrogen and oxygen atoms in total. The van der Waals surface area contributed by atoms with E-state index in [2.05, 4.69) is 0 Å². The number of fused-ring (bicyclic) bond motifs is 1. The highest BCUT2D eigenvalue weighted by atomic mass is 16.5. The van der Waals surface area contributed by atoms with Gasteiger partial charge in [-0.05, 0) is 29.8 Å². The average molecular weight is 384 g/mol. The fraction of sp³-hybridized carbons (Fsp3) is 0.238. The summed E-state index contributed by atoms with van der Waals surface area (Å²) in [5.74, 6) is -0.632. The van der Waals surface area contributed by atoms with Gasteiger partial charge < -0.3 is 23.7 Å². The molecule has 0 spiro atoms. The molecule has 0 unspecified atom stereocenters. The van der Waals surface area contributed by atoms with Crippen molar-refractivity contribution in [2.24, 2.45) is 0 Å². The van der Waals surface area contributed by atoms with Gasteiger partial charge in [0.05, 0.1) is 38.7 Å². The highest BCUT2D eigenvalue weighted by molar-refractivity contribution is 5.84. The standard InChI is InChI=1S/C21H20O7/c1-25-16-9-8-12(10-17(16)26-2)14(11-18(22)27-3)19-20(23)13-6-4-5-7-15(13)28-21(19)24/h4-10,14,23H,11H2,1-3H3/t14-/m0/s1. The number of hydrogen-bond acceptors (Lipinski definition) is 7. The van der Waals surface area contributed by atoms with Crippen LogP contribution in [0.2, 0.25) is 0 Å². The Morgan fingerprint density at radius 3 is 2.46 bits per heavy atom. The summed E-state index contributed by atoms with van der Waals surface area (Å²) in [5, 5.41) is 11.2. The summed E-state index contributed by atoms with van der Waals surface area (Å²) < 4.78 is 20.7. The molecule has 0 saturated heterocycles. The van der Waals surface area contributed by atoms with Gasteiger partial charge in [0.1, 0.15) is 11.3 Å². The van der Waals surface area contributed by atoms with Gasteiger partial charge in [0.2, 0.25) is 0 Å². The Bertz CT molecular complexity index is 1070. The number of aromatic hydroxyl groups is 1. The van der Waals surface area contributed by atoms with Gasteiger partial charge in [-0.25, -0.2) is 4.79 Å². The van der Waals surface area contributed by atoms with Crippen LogP contribution >= 0.6 is 0 Å². The second-order valence-corrected chi connectivity index (χ2v) is 6.10. The van der Waals surface area contributed by atoms with Crippen LogP contribution in [-0.2, 0) is 9.53 Å². The zero-order valence-electron chi connectivity index (χ0n) is 15.7. The molecule has 0 aliphatic heterocycles. The largest absolute Gasteiger partial charge is 0.507 e. The Morgan fingerprint density at radius 1 is 1.07 bits per heavy atom. The molecule has 0 fully saturated rings. The van der Waals surface area contributed by atoms with Gasteiger partial charge in [-0.1, -0.05) is 18.2 Å². The van der Waals surface area contributed by atoms with Crippen molar-refractivity contribution in [3.8, 4) is 17.2 Å². The van der Waals surface area contributed by atoms with Gasteiger partial charge >= 0.3 is 11.6 Å². The first kappa shape index (κ1) is 19.3. The molecule has 3 aromatic rings. The zero-order chi connectivity index (χ0) is 20.3. The molecular formula is C21H20O7. The molecule has 1 heterocycles. The number of carbonyl (C=O) groups excluding carboxylic acids is 1. The predicted octanol–water partition coefficient (Wildman–Crippen LogP) is 3.21. The quantitative estimate of drug-likeness (QED) is 0.515. The third-order valence-electron chi connectivity index (χ3n) is 4.58. The minimum absolute atomic E-state index is 0.0173. The minimum atomic E-state index is -0.798. The van der Waals surface area contributed by atoms with E-state index in [9.17, 15) is 14.7 Å². The van der Waals surface area contributed by atoms with Crippen LogP contribution in [0.15, 0.2) is 51.7 Å². The van der Waals surface area contributed by atoms with Crippen molar-refractivity contribution in [1.82, 2.24) is 0 Å². The molecule has 3 rings (SSSR count). The lowest BCUT2D eigenvalue weighted by Crippen LogP contribution is -2.18. The first-order valence-electron chi connectivity index (χ1n) is 8.53. The number of methoxy groups -OCH3 is 3. The number of hydrogen-bond donors (Lipinski definition) is 1. The van der Waals surface area contributed by atoms with E-state index in [0.717, 1.165) is 0 Å². The van der Waals surface area contributed by atoms with Crippen LogP contribution in [0.4, 0.5) is 0 Å². The van der Waals surface area contributed by atoms with Crippen LogP contribution in [0.3, 0.4) is 0 Å². The second kappa shape index (κ2) is 8.04. The monoisotopic (exact) mass is 384 g/mol. The van der Waals surface area contributed by atoms with Gasteiger partial charge in [0.15, 0.2) is 11.5 Å². The van der Waals surface area contributed by atoms with Crippen LogP contribution in [0, 0.1) is 0 Å². The normalized spacial score (nSPS) is 11.8. The predicted molar refractivity (Wildman–Crippen MR) is 102 cm³/mol. The second-order valence-electron chi connectivity index (χ2n) is 6.10. The summed E-state index contributed by atoms with van der Waals surface area (Å²) in [5.41, 5.74) is 0.0926. The van der Waals surface area contributed by atoms with E-state index in [-0.39, 0.29) is 23.3 Å². The molecule has 0 aliphatic rings. The minimum Gasteiger partial charge on any atom is -0.507 e. The van der Waals surface area contributed by atoms with E-state index in [0.29, 0.717) is 22.4 Å². The van der Waals surface area contributed by atoms with Crippen molar-refractivity contribution in [2.45, 2.75) is 12.3 Å². The molecule has 0 radical (unpaired) electrons. The third-order valence-corrected chi connectivity index (χ3v) is 4.58. The number of para-hydroxylation sites is 1. The van der Waals surface area contributed by atoms with Gasteiger partial charge in [-0.15, -0.1) is 0 Å². The van der Waals surface area contributed by atoms with Crippen LogP contribution in [0.25, 0.3) is 11.0 Å². The number of benzene rings is 2. The van der Waals surface area contributed by atoms with E-state index >= 15 is 0 Å².